The van der Waals surface area contributed by atoms with E-state index in [0.29, 0.717) is 32.5 Å². The van der Waals surface area contributed by atoms with Crippen molar-refractivity contribution < 1.29 is 19.1 Å². The zero-order chi connectivity index (χ0) is 19.2. The molecule has 0 aliphatic carbocycles. The summed E-state index contributed by atoms with van der Waals surface area (Å²) in [5, 5.41) is 2.66. The maximum Gasteiger partial charge on any atom is 0.410 e. The van der Waals surface area contributed by atoms with E-state index in [4.69, 9.17) is 4.74 Å². The summed E-state index contributed by atoms with van der Waals surface area (Å²) in [7, 11) is 0. The van der Waals surface area contributed by atoms with Gasteiger partial charge in [-0.2, -0.15) is 0 Å². The van der Waals surface area contributed by atoms with Gasteiger partial charge in [0, 0.05) is 38.4 Å². The molecule has 7 heteroatoms. The fraction of sp³-hybridized carbons (Fsp3) is 0.842. The number of likely N-dealkylation sites (tertiary alicyclic amines) is 1. The van der Waals surface area contributed by atoms with Gasteiger partial charge in [0.15, 0.2) is 0 Å². The van der Waals surface area contributed by atoms with Gasteiger partial charge < -0.3 is 19.9 Å². The van der Waals surface area contributed by atoms with Gasteiger partial charge in [0.05, 0.1) is 13.1 Å². The van der Waals surface area contributed by atoms with Crippen molar-refractivity contribution in [2.45, 2.75) is 64.9 Å². The minimum absolute atomic E-state index is 0.0351. The first-order valence-electron chi connectivity index (χ1n) is 9.90. The van der Waals surface area contributed by atoms with E-state index in [1.807, 2.05) is 4.90 Å². The van der Waals surface area contributed by atoms with Crippen molar-refractivity contribution in [1.82, 2.24) is 15.1 Å². The average molecular weight is 367 g/mol. The molecule has 2 aliphatic heterocycles. The monoisotopic (exact) mass is 367 g/mol. The van der Waals surface area contributed by atoms with Gasteiger partial charge in [-0.1, -0.05) is 40.0 Å². The van der Waals surface area contributed by atoms with Gasteiger partial charge in [0.2, 0.25) is 11.8 Å². The van der Waals surface area contributed by atoms with Gasteiger partial charge >= 0.3 is 6.09 Å². The first kappa shape index (κ1) is 20.5. The Morgan fingerprint density at radius 1 is 1.19 bits per heavy atom. The lowest BCUT2D eigenvalue weighted by molar-refractivity contribution is -0.136. The Labute approximate surface area is 156 Å². The number of hydrogen-bond donors (Lipinski definition) is 1. The van der Waals surface area contributed by atoms with Crippen molar-refractivity contribution in [1.29, 1.82) is 0 Å². The van der Waals surface area contributed by atoms with Gasteiger partial charge in [-0.05, 0) is 6.42 Å². The van der Waals surface area contributed by atoms with E-state index >= 15 is 0 Å². The van der Waals surface area contributed by atoms with Crippen LogP contribution in [0.5, 0.6) is 0 Å². The summed E-state index contributed by atoms with van der Waals surface area (Å²) in [5.41, 5.74) is -0.445. The molecule has 2 fully saturated rings. The molecule has 0 atom stereocenters. The highest BCUT2D eigenvalue weighted by Crippen LogP contribution is 2.33. The molecule has 148 valence electrons. The largest absolute Gasteiger partial charge is 0.441 e. The molecule has 0 unspecified atom stereocenters. The quantitative estimate of drug-likeness (QED) is 0.667. The topological polar surface area (TPSA) is 78.9 Å². The molecule has 0 aromatic rings. The third kappa shape index (κ3) is 5.35. The maximum atomic E-state index is 12.3. The summed E-state index contributed by atoms with van der Waals surface area (Å²) in [5.74, 6) is -0.321. The van der Waals surface area contributed by atoms with Crippen LogP contribution in [0, 0.1) is 5.92 Å². The molecule has 7 nitrogen and oxygen atoms in total. The second kappa shape index (κ2) is 9.24. The van der Waals surface area contributed by atoms with Crippen LogP contribution in [0.25, 0.3) is 0 Å². The number of carbonyl (C=O) groups is 3. The molecule has 1 N–H and O–H groups in total. The molecular weight excluding hydrogens is 334 g/mol. The van der Waals surface area contributed by atoms with E-state index in [1.54, 1.807) is 18.7 Å². The fourth-order valence-corrected chi connectivity index (χ4v) is 3.50. The van der Waals surface area contributed by atoms with Crippen LogP contribution in [0.4, 0.5) is 4.79 Å². The van der Waals surface area contributed by atoms with Crippen molar-refractivity contribution in [2.75, 3.05) is 32.7 Å². The SMILES string of the molecule is CCCCCCN1CC2(CCN(C(=O)CNC(=O)C(C)C)CC2)OC1=O. The molecule has 0 saturated carbocycles. The van der Waals surface area contributed by atoms with E-state index in [2.05, 4.69) is 12.2 Å². The van der Waals surface area contributed by atoms with E-state index in [1.165, 1.54) is 12.8 Å². The second-order valence-corrected chi connectivity index (χ2v) is 7.79. The Morgan fingerprint density at radius 2 is 1.88 bits per heavy atom. The highest BCUT2D eigenvalue weighted by molar-refractivity contribution is 5.85. The molecule has 0 aromatic heterocycles. The van der Waals surface area contributed by atoms with Gasteiger partial charge in [-0.25, -0.2) is 4.79 Å². The molecular formula is C19H33N3O4. The lowest BCUT2D eigenvalue weighted by Gasteiger charge is -2.37. The van der Waals surface area contributed by atoms with Crippen LogP contribution >= 0.6 is 0 Å². The zero-order valence-corrected chi connectivity index (χ0v) is 16.4. The van der Waals surface area contributed by atoms with Gasteiger partial charge in [0.25, 0.3) is 0 Å². The summed E-state index contributed by atoms with van der Waals surface area (Å²) in [6.45, 7) is 8.31. The Hall–Kier alpha value is -1.79. The van der Waals surface area contributed by atoms with Gasteiger partial charge in [0.1, 0.15) is 5.60 Å². The van der Waals surface area contributed by atoms with E-state index in [9.17, 15) is 14.4 Å². The number of unbranched alkanes of at least 4 members (excludes halogenated alkanes) is 3. The van der Waals surface area contributed by atoms with Crippen molar-refractivity contribution in [3.05, 3.63) is 0 Å². The number of carbonyl (C=O) groups excluding carboxylic acids is 3. The number of nitrogens with one attached hydrogen (secondary N) is 1. The lowest BCUT2D eigenvalue weighted by atomic mass is 9.91. The summed E-state index contributed by atoms with van der Waals surface area (Å²) in [4.78, 5) is 39.6. The summed E-state index contributed by atoms with van der Waals surface area (Å²) in [6, 6.07) is 0. The van der Waals surface area contributed by atoms with Crippen LogP contribution < -0.4 is 5.32 Å². The van der Waals surface area contributed by atoms with Crippen LogP contribution in [0.3, 0.4) is 0 Å². The second-order valence-electron chi connectivity index (χ2n) is 7.79. The van der Waals surface area contributed by atoms with Gasteiger partial charge in [-0.3, -0.25) is 9.59 Å². The average Bonchev–Trinajstić information content (AvgIpc) is 2.92. The summed E-state index contributed by atoms with van der Waals surface area (Å²) >= 11 is 0. The minimum Gasteiger partial charge on any atom is -0.441 e. The van der Waals surface area contributed by atoms with Crippen molar-refractivity contribution in [2.24, 2.45) is 5.92 Å². The Kier molecular flexibility index (Phi) is 7.29. The Morgan fingerprint density at radius 3 is 2.50 bits per heavy atom. The maximum absolute atomic E-state index is 12.3. The van der Waals surface area contributed by atoms with Crippen LogP contribution in [-0.2, 0) is 14.3 Å². The molecule has 0 bridgehead atoms. The molecule has 1 spiro atoms. The highest BCUT2D eigenvalue weighted by Gasteiger charge is 2.47. The molecule has 3 amide bonds. The molecule has 2 rings (SSSR count). The van der Waals surface area contributed by atoms with E-state index in [0.717, 1.165) is 19.4 Å². The number of amides is 3. The van der Waals surface area contributed by atoms with Gasteiger partial charge in [-0.15, -0.1) is 0 Å². The molecule has 2 saturated heterocycles. The van der Waals surface area contributed by atoms with Crippen molar-refractivity contribution in [3.63, 3.8) is 0 Å². The number of piperidine rings is 1. The highest BCUT2D eigenvalue weighted by atomic mass is 16.6. The predicted octanol–water partition coefficient (Wildman–Crippen LogP) is 2.15. The summed E-state index contributed by atoms with van der Waals surface area (Å²) < 4.78 is 5.70. The first-order valence-corrected chi connectivity index (χ1v) is 9.90. The van der Waals surface area contributed by atoms with Crippen LogP contribution in [0.1, 0.15) is 59.3 Å². The van der Waals surface area contributed by atoms with Crippen LogP contribution in [-0.4, -0.2) is 66.0 Å². The normalized spacial score (nSPS) is 19.2. The predicted molar refractivity (Wildman–Crippen MR) is 98.6 cm³/mol. The fourth-order valence-electron chi connectivity index (χ4n) is 3.50. The number of rotatable bonds is 8. The standard InChI is InChI=1S/C19H33N3O4/c1-4-5-6-7-10-22-14-19(26-18(22)25)8-11-21(12-9-19)16(23)13-20-17(24)15(2)3/h15H,4-14H2,1-3H3,(H,20,24). The number of nitrogens with zero attached hydrogens (tertiary/aromatic N) is 2. The van der Waals surface area contributed by atoms with Crippen molar-refractivity contribution in [3.8, 4) is 0 Å². The minimum atomic E-state index is -0.445. The van der Waals surface area contributed by atoms with Crippen molar-refractivity contribution >= 4 is 17.9 Å². The third-order valence-corrected chi connectivity index (χ3v) is 5.29. The zero-order valence-electron chi connectivity index (χ0n) is 16.4. The van der Waals surface area contributed by atoms with Crippen LogP contribution in [0.2, 0.25) is 0 Å². The lowest BCUT2D eigenvalue weighted by Crippen LogP contribution is -2.51. The smallest absolute Gasteiger partial charge is 0.410 e. The first-order chi connectivity index (χ1) is 12.4. The summed E-state index contributed by atoms with van der Waals surface area (Å²) in [6.07, 6.45) is 5.62. The molecule has 0 radical (unpaired) electrons. The molecule has 2 aliphatic rings. The Balaban J connectivity index is 1.76. The molecule has 0 aromatic carbocycles. The number of ether oxygens (including phenoxy) is 1. The number of hydrogen-bond acceptors (Lipinski definition) is 4. The van der Waals surface area contributed by atoms with E-state index < -0.39 is 5.60 Å². The Bertz CT molecular complexity index is 513. The molecule has 2 heterocycles. The van der Waals surface area contributed by atoms with Crippen LogP contribution in [0.15, 0.2) is 0 Å². The molecule has 26 heavy (non-hydrogen) atoms. The van der Waals surface area contributed by atoms with E-state index in [-0.39, 0.29) is 30.4 Å². The third-order valence-electron chi connectivity index (χ3n) is 5.29.